The molecule has 0 aliphatic heterocycles. The SMILES string of the molecule is CC(C)(C)CC(C)(C)CC(C)(C)C.CC(C)(C)CC(C)(C)CC(C)(C)C. The maximum absolute atomic E-state index is 2.39. The van der Waals surface area contributed by atoms with E-state index in [1.54, 1.807) is 0 Å². The molecule has 0 aromatic carbocycles. The standard InChI is InChI=1S/2C13H28/c2*1-11(2,3)9-13(7,8)10-12(4,5)6/h2*9-10H2,1-8H3. The van der Waals surface area contributed by atoms with Crippen LogP contribution in [0.15, 0.2) is 0 Å². The van der Waals surface area contributed by atoms with Crippen molar-refractivity contribution in [3.8, 4) is 0 Å². The van der Waals surface area contributed by atoms with E-state index in [0.29, 0.717) is 32.5 Å². The molecule has 0 bridgehead atoms. The Morgan fingerprint density at radius 3 is 0.462 bits per heavy atom. The highest BCUT2D eigenvalue weighted by molar-refractivity contribution is 4.81. The van der Waals surface area contributed by atoms with Gasteiger partial charge in [0, 0.05) is 0 Å². The average molecular weight is 369 g/mol. The molecule has 0 aliphatic rings. The molecule has 0 radical (unpaired) electrons. The Morgan fingerprint density at radius 1 is 0.269 bits per heavy atom. The molecule has 160 valence electrons. The zero-order valence-corrected chi connectivity index (χ0v) is 21.8. The molecule has 0 nitrogen and oxygen atoms in total. The Morgan fingerprint density at radius 2 is 0.385 bits per heavy atom. The first-order valence-electron chi connectivity index (χ1n) is 10.8. The molecule has 0 aromatic rings. The first kappa shape index (κ1) is 28.2. The molecule has 0 amide bonds. The quantitative estimate of drug-likeness (QED) is 0.463. The van der Waals surface area contributed by atoms with E-state index >= 15 is 0 Å². The third kappa shape index (κ3) is 22.0. The van der Waals surface area contributed by atoms with Gasteiger partial charge in [-0.15, -0.1) is 0 Å². The van der Waals surface area contributed by atoms with Gasteiger partial charge in [0.15, 0.2) is 0 Å². The normalized spacial score (nSPS) is 14.8. The molecule has 0 rings (SSSR count). The lowest BCUT2D eigenvalue weighted by molar-refractivity contribution is 0.142. The van der Waals surface area contributed by atoms with Gasteiger partial charge in [-0.2, -0.15) is 0 Å². The lowest BCUT2D eigenvalue weighted by Crippen LogP contribution is -2.25. The van der Waals surface area contributed by atoms with Crippen molar-refractivity contribution in [1.29, 1.82) is 0 Å². The number of hydrogen-bond donors (Lipinski definition) is 0. The minimum Gasteiger partial charge on any atom is -0.0602 e. The van der Waals surface area contributed by atoms with Crippen LogP contribution in [0, 0.1) is 32.5 Å². The Hall–Kier alpha value is 0. The van der Waals surface area contributed by atoms with Crippen LogP contribution >= 0.6 is 0 Å². The molecule has 0 aliphatic carbocycles. The molecule has 0 heteroatoms. The summed E-state index contributed by atoms with van der Waals surface area (Å²) in [6.45, 7) is 37.5. The summed E-state index contributed by atoms with van der Waals surface area (Å²) in [5, 5.41) is 0. The van der Waals surface area contributed by atoms with Gasteiger partial charge in [-0.1, -0.05) is 111 Å². The lowest BCUT2D eigenvalue weighted by Gasteiger charge is -2.37. The summed E-state index contributed by atoms with van der Waals surface area (Å²) in [6, 6.07) is 0. The number of rotatable bonds is 4. The van der Waals surface area contributed by atoms with Crippen molar-refractivity contribution in [2.24, 2.45) is 32.5 Å². The van der Waals surface area contributed by atoms with Crippen LogP contribution in [0.3, 0.4) is 0 Å². The van der Waals surface area contributed by atoms with Crippen molar-refractivity contribution in [3.05, 3.63) is 0 Å². The maximum atomic E-state index is 2.39. The van der Waals surface area contributed by atoms with Crippen molar-refractivity contribution in [2.45, 2.75) is 136 Å². The summed E-state index contributed by atoms with van der Waals surface area (Å²) < 4.78 is 0. The molecule has 0 heterocycles. The number of hydrogen-bond acceptors (Lipinski definition) is 0. The van der Waals surface area contributed by atoms with Crippen LogP contribution in [0.25, 0.3) is 0 Å². The zero-order valence-electron chi connectivity index (χ0n) is 21.8. The summed E-state index contributed by atoms with van der Waals surface area (Å²) in [6.07, 6.45) is 5.21. The molecule has 0 fully saturated rings. The molecular formula is C26H56. The average Bonchev–Trinajstić information content (AvgIpc) is 1.97. The van der Waals surface area contributed by atoms with Crippen LogP contribution in [0.4, 0.5) is 0 Å². The summed E-state index contributed by atoms with van der Waals surface area (Å²) in [7, 11) is 0. The van der Waals surface area contributed by atoms with E-state index in [0.717, 1.165) is 0 Å². The highest BCUT2D eigenvalue weighted by Crippen LogP contribution is 2.42. The van der Waals surface area contributed by atoms with Crippen molar-refractivity contribution < 1.29 is 0 Å². The van der Waals surface area contributed by atoms with E-state index in [9.17, 15) is 0 Å². The lowest BCUT2D eigenvalue weighted by atomic mass is 9.69. The van der Waals surface area contributed by atoms with Crippen LogP contribution in [0.1, 0.15) is 136 Å². The van der Waals surface area contributed by atoms with Crippen LogP contribution in [-0.2, 0) is 0 Å². The minimum absolute atomic E-state index is 0.453. The Labute approximate surface area is 169 Å². The smallest absolute Gasteiger partial charge is 0.0344 e. The van der Waals surface area contributed by atoms with Gasteiger partial charge in [-0.3, -0.25) is 0 Å². The molecule has 26 heavy (non-hydrogen) atoms. The second-order valence-electron chi connectivity index (χ2n) is 15.3. The van der Waals surface area contributed by atoms with E-state index < -0.39 is 0 Å². The zero-order chi connectivity index (χ0) is 21.8. The summed E-state index contributed by atoms with van der Waals surface area (Å²) in [5.41, 5.74) is 2.75. The molecular weight excluding hydrogens is 312 g/mol. The van der Waals surface area contributed by atoms with E-state index in [1.807, 2.05) is 0 Å². The van der Waals surface area contributed by atoms with Gasteiger partial charge in [0.05, 0.1) is 0 Å². The first-order chi connectivity index (χ1) is 10.8. The van der Waals surface area contributed by atoms with Gasteiger partial charge in [-0.25, -0.2) is 0 Å². The van der Waals surface area contributed by atoms with Crippen LogP contribution in [0.5, 0.6) is 0 Å². The van der Waals surface area contributed by atoms with Gasteiger partial charge in [0.2, 0.25) is 0 Å². The van der Waals surface area contributed by atoms with Gasteiger partial charge in [0.25, 0.3) is 0 Å². The van der Waals surface area contributed by atoms with Crippen LogP contribution in [0.2, 0.25) is 0 Å². The molecule has 0 atom stereocenters. The summed E-state index contributed by atoms with van der Waals surface area (Å²) in [4.78, 5) is 0. The second kappa shape index (κ2) is 9.00. The molecule has 0 N–H and O–H groups in total. The topological polar surface area (TPSA) is 0 Å². The first-order valence-corrected chi connectivity index (χ1v) is 10.8. The second-order valence-corrected chi connectivity index (χ2v) is 15.3. The van der Waals surface area contributed by atoms with Gasteiger partial charge in [-0.05, 0) is 58.2 Å². The van der Waals surface area contributed by atoms with Crippen LogP contribution < -0.4 is 0 Å². The fourth-order valence-corrected chi connectivity index (χ4v) is 5.87. The van der Waals surface area contributed by atoms with E-state index in [2.05, 4.69) is 111 Å². The third-order valence-electron chi connectivity index (χ3n) is 4.04. The molecule has 0 saturated carbocycles. The van der Waals surface area contributed by atoms with E-state index in [-0.39, 0.29) is 0 Å². The predicted molar refractivity (Wildman–Crippen MR) is 124 cm³/mol. The monoisotopic (exact) mass is 368 g/mol. The van der Waals surface area contributed by atoms with Gasteiger partial charge in [0.1, 0.15) is 0 Å². The Kier molecular flexibility index (Phi) is 9.77. The largest absolute Gasteiger partial charge is 0.0602 e. The van der Waals surface area contributed by atoms with Crippen LogP contribution in [-0.4, -0.2) is 0 Å². The van der Waals surface area contributed by atoms with Crippen molar-refractivity contribution >= 4 is 0 Å². The molecule has 0 saturated heterocycles. The van der Waals surface area contributed by atoms with Crippen molar-refractivity contribution in [2.75, 3.05) is 0 Å². The highest BCUT2D eigenvalue weighted by Gasteiger charge is 2.30. The van der Waals surface area contributed by atoms with E-state index in [4.69, 9.17) is 0 Å². The highest BCUT2D eigenvalue weighted by atomic mass is 14.4. The third-order valence-corrected chi connectivity index (χ3v) is 4.04. The Balaban J connectivity index is 0. The Bertz CT molecular complexity index is 304. The molecule has 0 spiro atoms. The molecule has 0 unspecified atom stereocenters. The van der Waals surface area contributed by atoms with Gasteiger partial charge >= 0.3 is 0 Å². The summed E-state index contributed by atoms with van der Waals surface area (Å²) in [5.74, 6) is 0. The maximum Gasteiger partial charge on any atom is -0.0344 e. The fraction of sp³-hybridized carbons (Fsp3) is 1.00. The molecule has 0 aromatic heterocycles. The predicted octanol–water partition coefficient (Wildman–Crippen LogP) is 9.77. The summed E-state index contributed by atoms with van der Waals surface area (Å²) >= 11 is 0. The van der Waals surface area contributed by atoms with Gasteiger partial charge < -0.3 is 0 Å². The fourth-order valence-electron chi connectivity index (χ4n) is 5.87. The van der Waals surface area contributed by atoms with Crippen molar-refractivity contribution in [1.82, 2.24) is 0 Å². The minimum atomic E-state index is 0.453. The van der Waals surface area contributed by atoms with E-state index in [1.165, 1.54) is 25.7 Å². The van der Waals surface area contributed by atoms with Crippen molar-refractivity contribution in [3.63, 3.8) is 0 Å².